The van der Waals surface area contributed by atoms with E-state index in [0.29, 0.717) is 0 Å². The normalized spacial score (nSPS) is 14.8. The minimum Gasteiger partial charge on any atom is -0.378 e. The minimum absolute atomic E-state index is 0.119. The molecule has 150 valence electrons. The maximum Gasteiger partial charge on any atom is 0.254 e. The molecule has 1 amide bonds. The van der Waals surface area contributed by atoms with Crippen LogP contribution in [0, 0.1) is 0 Å². The van der Waals surface area contributed by atoms with Gasteiger partial charge in [-0.25, -0.2) is 4.98 Å². The smallest absolute Gasteiger partial charge is 0.254 e. The van der Waals surface area contributed by atoms with E-state index in [0.717, 1.165) is 54.7 Å². The molecular formula is C23H26N4OS. The number of carbonyl (C=O) groups is 1. The Balaban J connectivity index is 1.33. The second-order valence-corrected chi connectivity index (χ2v) is 8.38. The fourth-order valence-corrected chi connectivity index (χ4v) is 4.35. The average molecular weight is 407 g/mol. The lowest BCUT2D eigenvalue weighted by Gasteiger charge is -2.34. The number of carbonyl (C=O) groups excluding carboxylic acids is 1. The molecule has 1 aliphatic heterocycles. The molecule has 6 heteroatoms. The van der Waals surface area contributed by atoms with Crippen molar-refractivity contribution in [2.75, 3.05) is 45.2 Å². The third-order valence-corrected chi connectivity index (χ3v) is 6.17. The van der Waals surface area contributed by atoms with Crippen molar-refractivity contribution in [2.45, 2.75) is 6.54 Å². The third-order valence-electron chi connectivity index (χ3n) is 5.23. The molecule has 0 radical (unpaired) electrons. The molecule has 0 spiro atoms. The van der Waals surface area contributed by atoms with Crippen LogP contribution in [0.4, 0.5) is 5.69 Å². The molecule has 0 aliphatic carbocycles. The van der Waals surface area contributed by atoms with E-state index < -0.39 is 0 Å². The highest BCUT2D eigenvalue weighted by atomic mass is 32.1. The van der Waals surface area contributed by atoms with Crippen molar-refractivity contribution in [3.05, 3.63) is 71.2 Å². The summed E-state index contributed by atoms with van der Waals surface area (Å²) < 4.78 is 0. The molecule has 0 saturated carbocycles. The molecular weight excluding hydrogens is 380 g/mol. The first-order chi connectivity index (χ1) is 14.1. The van der Waals surface area contributed by atoms with Crippen LogP contribution in [-0.2, 0) is 6.54 Å². The first-order valence-electron chi connectivity index (χ1n) is 9.89. The summed E-state index contributed by atoms with van der Waals surface area (Å²) in [5.41, 5.74) is 4.08. The van der Waals surface area contributed by atoms with Crippen molar-refractivity contribution in [1.29, 1.82) is 0 Å². The summed E-state index contributed by atoms with van der Waals surface area (Å²) in [7, 11) is 3.98. The Labute approximate surface area is 176 Å². The van der Waals surface area contributed by atoms with Crippen LogP contribution in [0.3, 0.4) is 0 Å². The summed E-state index contributed by atoms with van der Waals surface area (Å²) in [6, 6.07) is 18.1. The molecule has 1 aromatic heterocycles. The highest BCUT2D eigenvalue weighted by Crippen LogP contribution is 2.24. The molecule has 3 aromatic rings. The number of hydrogen-bond donors (Lipinski definition) is 0. The predicted molar refractivity (Wildman–Crippen MR) is 119 cm³/mol. The van der Waals surface area contributed by atoms with Gasteiger partial charge < -0.3 is 9.80 Å². The highest BCUT2D eigenvalue weighted by molar-refractivity contribution is 7.13. The Morgan fingerprint density at radius 3 is 2.52 bits per heavy atom. The van der Waals surface area contributed by atoms with Gasteiger partial charge >= 0.3 is 0 Å². The van der Waals surface area contributed by atoms with Gasteiger partial charge in [-0.2, -0.15) is 0 Å². The maximum atomic E-state index is 12.9. The summed E-state index contributed by atoms with van der Waals surface area (Å²) in [6.45, 7) is 4.08. The summed E-state index contributed by atoms with van der Waals surface area (Å²) in [5, 5.41) is 3.21. The van der Waals surface area contributed by atoms with E-state index in [2.05, 4.69) is 22.4 Å². The van der Waals surface area contributed by atoms with Gasteiger partial charge in [0.05, 0.1) is 5.69 Å². The van der Waals surface area contributed by atoms with Gasteiger partial charge in [-0.15, -0.1) is 11.3 Å². The Hall–Kier alpha value is -2.70. The topological polar surface area (TPSA) is 39.7 Å². The van der Waals surface area contributed by atoms with Crippen LogP contribution < -0.4 is 4.90 Å². The van der Waals surface area contributed by atoms with Crippen molar-refractivity contribution in [3.63, 3.8) is 0 Å². The predicted octanol–water partition coefficient (Wildman–Crippen LogP) is 3.83. The van der Waals surface area contributed by atoms with Crippen LogP contribution in [0.15, 0.2) is 60.0 Å². The van der Waals surface area contributed by atoms with Crippen molar-refractivity contribution in [3.8, 4) is 10.6 Å². The fraction of sp³-hybridized carbons (Fsp3) is 0.304. The quantitative estimate of drug-likeness (QED) is 0.646. The van der Waals surface area contributed by atoms with Crippen molar-refractivity contribution < 1.29 is 4.79 Å². The van der Waals surface area contributed by atoms with E-state index >= 15 is 0 Å². The van der Waals surface area contributed by atoms with Gasteiger partial charge in [0.2, 0.25) is 0 Å². The number of benzene rings is 2. The number of anilines is 1. The molecule has 1 fully saturated rings. The molecule has 0 atom stereocenters. The molecule has 4 rings (SSSR count). The number of rotatable bonds is 5. The maximum absolute atomic E-state index is 12.9. The highest BCUT2D eigenvalue weighted by Gasteiger charge is 2.23. The number of amides is 1. The molecule has 29 heavy (non-hydrogen) atoms. The Morgan fingerprint density at radius 2 is 1.79 bits per heavy atom. The lowest BCUT2D eigenvalue weighted by molar-refractivity contribution is 0.0627. The molecule has 2 heterocycles. The Bertz CT molecular complexity index is 962. The van der Waals surface area contributed by atoms with Gasteiger partial charge in [-0.05, 0) is 18.2 Å². The van der Waals surface area contributed by atoms with Gasteiger partial charge in [0.25, 0.3) is 5.91 Å². The number of nitrogens with zero attached hydrogens (tertiary/aromatic N) is 4. The van der Waals surface area contributed by atoms with Gasteiger partial charge in [0, 0.05) is 69.0 Å². The molecule has 2 aromatic carbocycles. The third kappa shape index (κ3) is 4.66. The van der Waals surface area contributed by atoms with E-state index in [1.807, 2.05) is 66.4 Å². The fourth-order valence-electron chi connectivity index (χ4n) is 3.53. The van der Waals surface area contributed by atoms with Crippen molar-refractivity contribution in [2.24, 2.45) is 0 Å². The molecule has 0 N–H and O–H groups in total. The minimum atomic E-state index is 0.119. The van der Waals surface area contributed by atoms with Gasteiger partial charge in [0.1, 0.15) is 5.01 Å². The molecule has 0 bridgehead atoms. The zero-order valence-electron chi connectivity index (χ0n) is 16.9. The largest absolute Gasteiger partial charge is 0.378 e. The zero-order chi connectivity index (χ0) is 20.2. The molecule has 1 aliphatic rings. The van der Waals surface area contributed by atoms with E-state index in [1.165, 1.54) is 5.56 Å². The van der Waals surface area contributed by atoms with Crippen LogP contribution in [0.1, 0.15) is 16.1 Å². The van der Waals surface area contributed by atoms with Crippen molar-refractivity contribution in [1.82, 2.24) is 14.8 Å². The van der Waals surface area contributed by atoms with Crippen LogP contribution in [0.5, 0.6) is 0 Å². The zero-order valence-corrected chi connectivity index (χ0v) is 17.7. The summed E-state index contributed by atoms with van der Waals surface area (Å²) in [5.74, 6) is 0.119. The van der Waals surface area contributed by atoms with E-state index in [-0.39, 0.29) is 5.91 Å². The van der Waals surface area contributed by atoms with Gasteiger partial charge in [-0.1, -0.05) is 36.4 Å². The summed E-state index contributed by atoms with van der Waals surface area (Å²) in [6.07, 6.45) is 0. The first-order valence-corrected chi connectivity index (χ1v) is 10.8. The summed E-state index contributed by atoms with van der Waals surface area (Å²) >= 11 is 1.69. The monoisotopic (exact) mass is 406 g/mol. The van der Waals surface area contributed by atoms with E-state index in [1.54, 1.807) is 11.3 Å². The number of piperazine rings is 1. The number of hydrogen-bond acceptors (Lipinski definition) is 5. The van der Waals surface area contributed by atoms with Gasteiger partial charge in [-0.3, -0.25) is 9.69 Å². The van der Waals surface area contributed by atoms with Crippen LogP contribution >= 0.6 is 11.3 Å². The molecule has 0 unspecified atom stereocenters. The molecule has 1 saturated heterocycles. The van der Waals surface area contributed by atoms with E-state index in [4.69, 9.17) is 4.98 Å². The Kier molecular flexibility index (Phi) is 5.92. The standard InChI is InChI=1S/C23H26N4OS/c1-25(2)21-10-6-9-19(15-21)23(28)27-13-11-26(12-14-27)16-20-17-29-22(24-20)18-7-4-3-5-8-18/h3-10,15,17H,11-14,16H2,1-2H3. The van der Waals surface area contributed by atoms with Crippen molar-refractivity contribution >= 4 is 22.9 Å². The van der Waals surface area contributed by atoms with Crippen LogP contribution in [-0.4, -0.2) is 61.0 Å². The van der Waals surface area contributed by atoms with E-state index in [9.17, 15) is 4.79 Å². The molecule has 5 nitrogen and oxygen atoms in total. The van der Waals surface area contributed by atoms with Gasteiger partial charge in [0.15, 0.2) is 0 Å². The second-order valence-electron chi connectivity index (χ2n) is 7.52. The van der Waals surface area contributed by atoms with Crippen LogP contribution in [0.25, 0.3) is 10.6 Å². The SMILES string of the molecule is CN(C)c1cccc(C(=O)N2CCN(Cc3csc(-c4ccccc4)n3)CC2)c1. The lowest BCUT2D eigenvalue weighted by atomic mass is 10.1. The van der Waals surface area contributed by atoms with Crippen LogP contribution in [0.2, 0.25) is 0 Å². The first kappa shape index (κ1) is 19.6. The lowest BCUT2D eigenvalue weighted by Crippen LogP contribution is -2.48. The number of thiazole rings is 1. The number of aromatic nitrogens is 1. The Morgan fingerprint density at radius 1 is 1.03 bits per heavy atom. The second kappa shape index (κ2) is 8.76. The summed E-state index contributed by atoms with van der Waals surface area (Å²) in [4.78, 5) is 24.0. The average Bonchev–Trinajstić information content (AvgIpc) is 3.23.